The lowest BCUT2D eigenvalue weighted by atomic mass is 9.88. The van der Waals surface area contributed by atoms with E-state index in [-0.39, 0.29) is 0 Å². The van der Waals surface area contributed by atoms with Gasteiger partial charge in [0.2, 0.25) is 0 Å². The fourth-order valence-electron chi connectivity index (χ4n) is 17.0. The molecule has 0 bridgehead atoms. The summed E-state index contributed by atoms with van der Waals surface area (Å²) in [5.74, 6) is 0. The molecule has 23 aromatic carbocycles. The molecular formula is C114H78. The predicted octanol–water partition coefficient (Wildman–Crippen LogP) is 32.3. The van der Waals surface area contributed by atoms with E-state index in [9.17, 15) is 0 Å². The van der Waals surface area contributed by atoms with E-state index >= 15 is 0 Å². The third-order valence-electron chi connectivity index (χ3n) is 22.3. The fourth-order valence-corrected chi connectivity index (χ4v) is 17.0. The normalized spacial score (nSPS) is 11.2. The first kappa shape index (κ1) is 69.6. The Morgan fingerprint density at radius 2 is 0.237 bits per heavy atom. The molecule has 0 fully saturated rings. The number of benzene rings is 23. The fraction of sp³-hybridized carbons (Fsp3) is 0. The first-order chi connectivity index (χ1) is 56.6. The first-order valence-electron chi connectivity index (χ1n) is 39.3. The van der Waals surface area contributed by atoms with Crippen LogP contribution in [0.15, 0.2) is 473 Å². The van der Waals surface area contributed by atoms with E-state index in [0.717, 1.165) is 0 Å². The molecule has 0 aliphatic rings. The highest BCUT2D eigenvalue weighted by atomic mass is 14.2. The van der Waals surface area contributed by atoms with Gasteiger partial charge < -0.3 is 0 Å². The Morgan fingerprint density at radius 1 is 0.0877 bits per heavy atom. The molecule has 0 nitrogen and oxygen atoms in total. The standard InChI is InChI=1S/C34H22.2C30H20.2C10H8/c1-5-16-29-23(10-1)20-24-11-2-6-17-30(24)33(29)27-14-9-15-28(22-27)34-31-18-7-3-12-25(31)21-26-13-4-8-19-32(26)34;2*1-4-15-26-21(9-1)12-8-18-27(26)22-13-7-14-25(20-22)30-28-16-5-2-10-23(28)19-24-11-3-6-17-29(24)30;2*1-2-6-10-8-4-3-7-9(10)5-1/h1-22H;2*1-20H;2*1-8H. The Hall–Kier alpha value is -14.8. The summed E-state index contributed by atoms with van der Waals surface area (Å²) in [7, 11) is 0. The van der Waals surface area contributed by atoms with Gasteiger partial charge in [0.05, 0.1) is 0 Å². The first-order valence-corrected chi connectivity index (χ1v) is 39.3. The molecule has 23 aromatic rings. The van der Waals surface area contributed by atoms with Crippen LogP contribution in [-0.4, -0.2) is 0 Å². The third kappa shape index (κ3) is 14.0. The molecule has 0 atom stereocenters. The minimum atomic E-state index is 1.25. The summed E-state index contributed by atoms with van der Waals surface area (Å²) in [6.45, 7) is 0. The smallest absolute Gasteiger partial charge is 0.00266 e. The van der Waals surface area contributed by atoms with Crippen molar-refractivity contribution >= 4 is 129 Å². The van der Waals surface area contributed by atoms with Crippen LogP contribution in [0, 0.1) is 0 Å². The highest BCUT2D eigenvalue weighted by molar-refractivity contribution is 6.18. The van der Waals surface area contributed by atoms with Gasteiger partial charge in [-0.3, -0.25) is 0 Å². The van der Waals surface area contributed by atoms with Crippen LogP contribution in [0.5, 0.6) is 0 Å². The molecule has 0 radical (unpaired) electrons. The second kappa shape index (κ2) is 31.6. The van der Waals surface area contributed by atoms with E-state index in [0.29, 0.717) is 0 Å². The van der Waals surface area contributed by atoms with Gasteiger partial charge in [-0.1, -0.05) is 431 Å². The maximum atomic E-state index is 2.38. The number of fused-ring (bicyclic) bond motifs is 12. The van der Waals surface area contributed by atoms with Gasteiger partial charge in [0.15, 0.2) is 0 Å². The van der Waals surface area contributed by atoms with E-state index in [1.165, 1.54) is 196 Å². The second-order valence-electron chi connectivity index (χ2n) is 29.3. The van der Waals surface area contributed by atoms with E-state index in [1.54, 1.807) is 0 Å². The summed E-state index contributed by atoms with van der Waals surface area (Å²) in [6.07, 6.45) is 0. The van der Waals surface area contributed by atoms with Gasteiger partial charge in [0.1, 0.15) is 0 Å². The van der Waals surface area contributed by atoms with Crippen molar-refractivity contribution < 1.29 is 0 Å². The van der Waals surface area contributed by atoms with Crippen LogP contribution in [0.3, 0.4) is 0 Å². The quantitative estimate of drug-likeness (QED) is 0.146. The van der Waals surface area contributed by atoms with Gasteiger partial charge in [0, 0.05) is 0 Å². The van der Waals surface area contributed by atoms with Gasteiger partial charge in [-0.2, -0.15) is 0 Å². The number of hydrogen-bond acceptors (Lipinski definition) is 0. The zero-order chi connectivity index (χ0) is 75.9. The van der Waals surface area contributed by atoms with Crippen LogP contribution < -0.4 is 0 Å². The summed E-state index contributed by atoms with van der Waals surface area (Å²) >= 11 is 0. The molecule has 0 amide bonds. The molecular weight excluding hydrogens is 1370 g/mol. The molecule has 0 heteroatoms. The third-order valence-corrected chi connectivity index (χ3v) is 22.3. The highest BCUT2D eigenvalue weighted by Crippen LogP contribution is 2.44. The highest BCUT2D eigenvalue weighted by Gasteiger charge is 2.17. The summed E-state index contributed by atoms with van der Waals surface area (Å²) in [4.78, 5) is 0. The van der Waals surface area contributed by atoms with Crippen molar-refractivity contribution in [2.45, 2.75) is 0 Å². The van der Waals surface area contributed by atoms with Crippen LogP contribution in [0.2, 0.25) is 0 Å². The van der Waals surface area contributed by atoms with Gasteiger partial charge in [-0.05, 0) is 238 Å². The average Bonchev–Trinajstić information content (AvgIpc) is 0.760. The number of rotatable bonds is 6. The van der Waals surface area contributed by atoms with Crippen molar-refractivity contribution in [1.82, 2.24) is 0 Å². The van der Waals surface area contributed by atoms with Crippen LogP contribution in [0.1, 0.15) is 0 Å². The Balaban J connectivity index is 0.000000102. The number of hydrogen-bond donors (Lipinski definition) is 0. The molecule has 534 valence electrons. The molecule has 23 rings (SSSR count). The van der Waals surface area contributed by atoms with E-state index in [4.69, 9.17) is 0 Å². The van der Waals surface area contributed by atoms with Crippen LogP contribution in [0.4, 0.5) is 0 Å². The molecule has 0 N–H and O–H groups in total. The van der Waals surface area contributed by atoms with Crippen molar-refractivity contribution in [2.75, 3.05) is 0 Å². The summed E-state index contributed by atoms with van der Waals surface area (Å²) in [6, 6.07) is 170. The average molecular weight is 1450 g/mol. The van der Waals surface area contributed by atoms with E-state index in [1.807, 2.05) is 0 Å². The van der Waals surface area contributed by atoms with Crippen molar-refractivity contribution in [3.8, 4) is 66.8 Å². The van der Waals surface area contributed by atoms with Gasteiger partial charge in [-0.25, -0.2) is 0 Å². The summed E-state index contributed by atoms with van der Waals surface area (Å²) < 4.78 is 0. The Morgan fingerprint density at radius 3 is 0.456 bits per heavy atom. The van der Waals surface area contributed by atoms with Crippen LogP contribution >= 0.6 is 0 Å². The van der Waals surface area contributed by atoms with E-state index < -0.39 is 0 Å². The Labute approximate surface area is 664 Å². The van der Waals surface area contributed by atoms with Gasteiger partial charge >= 0.3 is 0 Å². The minimum Gasteiger partial charge on any atom is -0.0616 e. The second-order valence-corrected chi connectivity index (χ2v) is 29.3. The monoisotopic (exact) mass is 1450 g/mol. The van der Waals surface area contributed by atoms with Crippen molar-refractivity contribution in [3.05, 3.63) is 473 Å². The molecule has 0 saturated carbocycles. The Bertz CT molecular complexity index is 6710. The predicted molar refractivity (Wildman–Crippen MR) is 495 cm³/mol. The van der Waals surface area contributed by atoms with Gasteiger partial charge in [0.25, 0.3) is 0 Å². The van der Waals surface area contributed by atoms with Gasteiger partial charge in [-0.15, -0.1) is 0 Å². The molecule has 0 aliphatic carbocycles. The summed E-state index contributed by atoms with van der Waals surface area (Å²) in [5, 5.41) is 31.0. The molecule has 0 unspecified atom stereocenters. The zero-order valence-electron chi connectivity index (χ0n) is 63.0. The maximum absolute atomic E-state index is 2.38. The lowest BCUT2D eigenvalue weighted by Crippen LogP contribution is -1.88. The molecule has 0 saturated heterocycles. The SMILES string of the molecule is c1cc(-c2c3ccccc3cc3ccccc23)cc(-c2c3ccccc3cc3ccccc23)c1.c1cc(-c2cccc3ccccc23)cc(-c2c3ccccc3cc3ccccc23)c1.c1cc(-c2cccc3ccccc23)cc(-c2c3ccccc3cc3ccccc23)c1.c1ccc2ccccc2c1.c1ccc2ccccc2c1. The lowest BCUT2D eigenvalue weighted by molar-refractivity contribution is 1.63. The van der Waals surface area contributed by atoms with Crippen molar-refractivity contribution in [1.29, 1.82) is 0 Å². The molecule has 0 aliphatic heterocycles. The summed E-state index contributed by atoms with van der Waals surface area (Å²) in [5.41, 5.74) is 15.3. The van der Waals surface area contributed by atoms with Crippen molar-refractivity contribution in [2.24, 2.45) is 0 Å². The van der Waals surface area contributed by atoms with Crippen LogP contribution in [0.25, 0.3) is 196 Å². The molecule has 0 heterocycles. The lowest BCUT2D eigenvalue weighted by Gasteiger charge is -2.15. The topological polar surface area (TPSA) is 0 Å². The van der Waals surface area contributed by atoms with Crippen molar-refractivity contribution in [3.63, 3.8) is 0 Å². The maximum Gasteiger partial charge on any atom is -0.00266 e. The minimum absolute atomic E-state index is 1.25. The van der Waals surface area contributed by atoms with Crippen LogP contribution in [-0.2, 0) is 0 Å². The molecule has 0 spiro atoms. The largest absolute Gasteiger partial charge is 0.0616 e. The molecule has 114 heavy (non-hydrogen) atoms. The Kier molecular flexibility index (Phi) is 19.3. The zero-order valence-corrected chi connectivity index (χ0v) is 63.0. The van der Waals surface area contributed by atoms with E-state index in [2.05, 4.69) is 473 Å². The molecule has 0 aromatic heterocycles.